The number of aromatic nitrogens is 4. The van der Waals surface area contributed by atoms with Gasteiger partial charge >= 0.3 is 16.9 Å². The number of nitrogens with zero attached hydrogens (tertiary/aromatic N) is 3. The van der Waals surface area contributed by atoms with Crippen LogP contribution in [0.4, 0.5) is 0 Å². The zero-order valence-electron chi connectivity index (χ0n) is 20.5. The van der Waals surface area contributed by atoms with Gasteiger partial charge in [0.15, 0.2) is 5.82 Å². The van der Waals surface area contributed by atoms with E-state index in [0.29, 0.717) is 44.6 Å². The first-order valence-electron chi connectivity index (χ1n) is 11.7. The van der Waals surface area contributed by atoms with E-state index in [-0.39, 0.29) is 0 Å². The summed E-state index contributed by atoms with van der Waals surface area (Å²) in [5.74, 6) is -0.416. The monoisotopic (exact) mass is 516 g/mol. The molecule has 0 amide bonds. The molecule has 0 fully saturated rings. The summed E-state index contributed by atoms with van der Waals surface area (Å²) >= 11 is -1.38. The quantitative estimate of drug-likeness (QED) is 0.246. The number of carbonyl (C=O) groups excluding carboxylic acids is 1. The van der Waals surface area contributed by atoms with E-state index in [9.17, 15) is 14.1 Å². The van der Waals surface area contributed by atoms with Crippen LogP contribution >= 0.6 is 0 Å². The molecule has 2 heterocycles. The summed E-state index contributed by atoms with van der Waals surface area (Å²) in [6, 6.07) is 18.6. The van der Waals surface area contributed by atoms with E-state index in [1.807, 2.05) is 68.4 Å². The van der Waals surface area contributed by atoms with Gasteiger partial charge in [0, 0.05) is 16.7 Å². The lowest BCUT2D eigenvalue weighted by Crippen LogP contribution is -2.14. The van der Waals surface area contributed by atoms with Gasteiger partial charge in [0.1, 0.15) is 5.75 Å². The topological polar surface area (TPSA) is 126 Å². The third-order valence-corrected chi connectivity index (χ3v) is 7.49. The minimum atomic E-state index is -1.38. The van der Waals surface area contributed by atoms with Gasteiger partial charge in [-0.25, -0.2) is 9.59 Å². The Kier molecular flexibility index (Phi) is 6.68. The zero-order valence-corrected chi connectivity index (χ0v) is 21.3. The Hall–Kier alpha value is -4.15. The maximum atomic E-state index is 13.2. The highest BCUT2D eigenvalue weighted by molar-refractivity contribution is 7.91. The molecule has 1 unspecified atom stereocenters. The van der Waals surface area contributed by atoms with Crippen molar-refractivity contribution in [3.05, 3.63) is 82.3 Å². The van der Waals surface area contributed by atoms with Gasteiger partial charge in [0.05, 0.1) is 29.4 Å². The second-order valence-corrected chi connectivity index (χ2v) is 9.89. The van der Waals surface area contributed by atoms with Crippen molar-refractivity contribution in [2.45, 2.75) is 25.4 Å². The average molecular weight is 517 g/mol. The van der Waals surface area contributed by atoms with Gasteiger partial charge in [-0.2, -0.15) is 15.1 Å². The number of benzene rings is 3. The van der Waals surface area contributed by atoms with Gasteiger partial charge < -0.3 is 13.8 Å². The molecular formula is C27H24N4O5S. The average Bonchev–Trinajstić information content (AvgIpc) is 3.53. The first-order chi connectivity index (χ1) is 17.9. The predicted octanol–water partition coefficient (Wildman–Crippen LogP) is 4.65. The number of aryl methyl sites for hydroxylation is 1. The highest BCUT2D eigenvalue weighted by atomic mass is 32.2. The number of hydrogen-bond donors (Lipinski definition) is 1. The second kappa shape index (κ2) is 10.1. The first kappa shape index (κ1) is 24.5. The standard InChI is InChI=1S/C27H24N4O5S/c1-4-15-37(34)26-28-22-16(2)9-14-21(25(32)35-3)23(22)31(26)18-12-10-17(11-13-18)19-7-5-6-8-20(19)24-29-27(33)36-30-24/h5-14H,4,15H2,1-3H3,(H,29,30,33). The van der Waals surface area contributed by atoms with Crippen molar-refractivity contribution in [1.29, 1.82) is 0 Å². The molecule has 0 saturated carbocycles. The first-order valence-corrected chi connectivity index (χ1v) is 13.0. The van der Waals surface area contributed by atoms with Crippen LogP contribution in [-0.2, 0) is 15.9 Å². The lowest BCUT2D eigenvalue weighted by molar-refractivity contribution is 0.0602. The van der Waals surface area contributed by atoms with E-state index >= 15 is 0 Å². The molecule has 0 spiro atoms. The maximum absolute atomic E-state index is 13.2. The SMILES string of the molecule is CCC[S+]([O-])c1nc2c(C)ccc(C(=O)OC)c2n1-c1ccc(-c2ccccc2-c2nc(=O)o[nH]2)cc1. The molecule has 2 aromatic heterocycles. The summed E-state index contributed by atoms with van der Waals surface area (Å²) in [5.41, 5.74) is 5.49. The number of rotatable bonds is 7. The molecule has 0 aliphatic carbocycles. The van der Waals surface area contributed by atoms with Crippen molar-refractivity contribution in [1.82, 2.24) is 19.7 Å². The molecule has 0 aliphatic rings. The number of methoxy groups -OCH3 is 1. The molecule has 0 aliphatic heterocycles. The van der Waals surface area contributed by atoms with Crippen LogP contribution in [0, 0.1) is 6.92 Å². The fourth-order valence-corrected chi connectivity index (χ4v) is 5.46. The maximum Gasteiger partial charge on any atom is 0.460 e. The van der Waals surface area contributed by atoms with E-state index in [1.165, 1.54) is 7.11 Å². The number of aromatic amines is 1. The molecular weight excluding hydrogens is 492 g/mol. The molecule has 0 saturated heterocycles. The van der Waals surface area contributed by atoms with Crippen LogP contribution in [0.2, 0.25) is 0 Å². The van der Waals surface area contributed by atoms with E-state index < -0.39 is 22.9 Å². The Bertz CT molecular complexity index is 1650. The molecule has 9 nitrogen and oxygen atoms in total. The second-order valence-electron chi connectivity index (χ2n) is 8.42. The summed E-state index contributed by atoms with van der Waals surface area (Å²) < 4.78 is 24.8. The smallest absolute Gasteiger partial charge is 0.460 e. The molecule has 10 heteroatoms. The fourth-order valence-electron chi connectivity index (χ4n) is 4.31. The Morgan fingerprint density at radius 3 is 2.46 bits per heavy atom. The van der Waals surface area contributed by atoms with Gasteiger partial charge in [-0.15, -0.1) is 0 Å². The molecule has 188 valence electrons. The molecule has 5 rings (SSSR count). The molecule has 0 bridgehead atoms. The molecule has 5 aromatic rings. The lowest BCUT2D eigenvalue weighted by atomic mass is 9.99. The van der Waals surface area contributed by atoms with Crippen LogP contribution in [0.1, 0.15) is 29.3 Å². The largest absolute Gasteiger partial charge is 0.609 e. The Balaban J connectivity index is 1.69. The van der Waals surface area contributed by atoms with Crippen LogP contribution in [-0.4, -0.2) is 43.1 Å². The Labute approximate surface area is 215 Å². The number of nitrogens with one attached hydrogen (secondary N) is 1. The van der Waals surface area contributed by atoms with E-state index in [2.05, 4.69) is 10.1 Å². The molecule has 1 N–H and O–H groups in total. The van der Waals surface area contributed by atoms with Crippen LogP contribution in [0.5, 0.6) is 0 Å². The number of H-pyrrole nitrogens is 1. The number of imidazole rings is 1. The van der Waals surface area contributed by atoms with Crippen LogP contribution in [0.3, 0.4) is 0 Å². The zero-order chi connectivity index (χ0) is 26.1. The third kappa shape index (κ3) is 4.45. The van der Waals surface area contributed by atoms with Crippen molar-refractivity contribution in [2.75, 3.05) is 12.9 Å². The van der Waals surface area contributed by atoms with Crippen LogP contribution < -0.4 is 5.76 Å². The summed E-state index contributed by atoms with van der Waals surface area (Å²) in [5, 5.41) is 2.94. The van der Waals surface area contributed by atoms with E-state index in [4.69, 9.17) is 14.2 Å². The predicted molar refractivity (Wildman–Crippen MR) is 140 cm³/mol. The van der Waals surface area contributed by atoms with Crippen molar-refractivity contribution in [3.8, 4) is 28.2 Å². The number of fused-ring (bicyclic) bond motifs is 1. The summed E-state index contributed by atoms with van der Waals surface area (Å²) in [6.07, 6.45) is 0.721. The highest BCUT2D eigenvalue weighted by Gasteiger charge is 2.27. The number of ether oxygens (including phenoxy) is 1. The third-order valence-electron chi connectivity index (χ3n) is 6.03. The minimum Gasteiger partial charge on any atom is -0.609 e. The summed E-state index contributed by atoms with van der Waals surface area (Å²) in [4.78, 5) is 32.7. The molecule has 3 aromatic carbocycles. The van der Waals surface area contributed by atoms with Gasteiger partial charge in [0.2, 0.25) is 0 Å². The minimum absolute atomic E-state index is 0.334. The van der Waals surface area contributed by atoms with Crippen LogP contribution in [0.25, 0.3) is 39.2 Å². The van der Waals surface area contributed by atoms with Gasteiger partial charge in [-0.1, -0.05) is 49.4 Å². The molecule has 1 atom stereocenters. The van der Waals surface area contributed by atoms with Crippen molar-refractivity contribution in [3.63, 3.8) is 0 Å². The fraction of sp³-hybridized carbons (Fsp3) is 0.185. The number of hydrogen-bond acceptors (Lipinski definition) is 7. The summed E-state index contributed by atoms with van der Waals surface area (Å²) in [6.45, 7) is 3.87. The molecule has 37 heavy (non-hydrogen) atoms. The normalized spacial score (nSPS) is 12.1. The van der Waals surface area contributed by atoms with Gasteiger partial charge in [-0.3, -0.25) is 4.57 Å². The summed E-state index contributed by atoms with van der Waals surface area (Å²) in [7, 11) is 1.33. The van der Waals surface area contributed by atoms with Crippen molar-refractivity contribution >= 4 is 28.2 Å². The van der Waals surface area contributed by atoms with E-state index in [1.54, 1.807) is 10.6 Å². The lowest BCUT2D eigenvalue weighted by Gasteiger charge is -2.14. The number of carbonyl (C=O) groups is 1. The Morgan fingerprint density at radius 2 is 1.81 bits per heavy atom. The Morgan fingerprint density at radius 1 is 1.08 bits per heavy atom. The van der Waals surface area contributed by atoms with Crippen LogP contribution in [0.15, 0.2) is 75.1 Å². The van der Waals surface area contributed by atoms with E-state index in [0.717, 1.165) is 23.1 Å². The van der Waals surface area contributed by atoms with Gasteiger partial charge in [0.25, 0.3) is 0 Å². The number of esters is 1. The van der Waals surface area contributed by atoms with Gasteiger partial charge in [-0.05, 0) is 48.2 Å². The van der Waals surface area contributed by atoms with Crippen molar-refractivity contribution < 1.29 is 18.6 Å². The van der Waals surface area contributed by atoms with Crippen molar-refractivity contribution in [2.24, 2.45) is 0 Å². The highest BCUT2D eigenvalue weighted by Crippen LogP contribution is 2.33. The molecule has 0 radical (unpaired) electrons.